The van der Waals surface area contributed by atoms with Crippen molar-refractivity contribution in [3.05, 3.63) is 23.9 Å². The van der Waals surface area contributed by atoms with E-state index in [1.165, 1.54) is 12.3 Å². The minimum absolute atomic E-state index is 0.0151. The fraction of sp³-hybridized carbons (Fsp3) is 0.400. The molecule has 0 aliphatic rings. The maximum atomic E-state index is 11.3. The van der Waals surface area contributed by atoms with Crippen molar-refractivity contribution in [2.24, 2.45) is 5.73 Å². The molecule has 0 aliphatic carbocycles. The first-order valence-electron chi connectivity index (χ1n) is 4.75. The zero-order valence-corrected chi connectivity index (χ0v) is 9.99. The average Bonchev–Trinajstić information content (AvgIpc) is 2.15. The molecule has 0 bridgehead atoms. The SMILES string of the molecule is CC(CC(N)=O)c1ccnc(S(C)(=O)=O)c1. The minimum Gasteiger partial charge on any atom is -0.370 e. The standard InChI is InChI=1S/C10H14N2O3S/c1-7(5-9(11)13)8-3-4-12-10(6-8)16(2,14)15/h3-4,6-7H,5H2,1-2H3,(H2,11,13). The molecule has 0 spiro atoms. The molecule has 1 atom stereocenters. The molecule has 1 amide bonds. The molecule has 2 N–H and O–H groups in total. The smallest absolute Gasteiger partial charge is 0.218 e. The summed E-state index contributed by atoms with van der Waals surface area (Å²) in [5.74, 6) is -0.522. The predicted molar refractivity (Wildman–Crippen MR) is 59.6 cm³/mol. The zero-order valence-electron chi connectivity index (χ0n) is 9.17. The highest BCUT2D eigenvalue weighted by atomic mass is 32.2. The maximum Gasteiger partial charge on any atom is 0.218 e. The average molecular weight is 242 g/mol. The van der Waals surface area contributed by atoms with Gasteiger partial charge in [-0.1, -0.05) is 6.92 Å². The molecule has 5 nitrogen and oxygen atoms in total. The van der Waals surface area contributed by atoms with E-state index in [-0.39, 0.29) is 17.4 Å². The highest BCUT2D eigenvalue weighted by Gasteiger charge is 2.13. The maximum absolute atomic E-state index is 11.3. The van der Waals surface area contributed by atoms with Gasteiger partial charge in [0.1, 0.15) is 0 Å². The van der Waals surface area contributed by atoms with Gasteiger partial charge in [-0.3, -0.25) is 4.79 Å². The molecular formula is C10H14N2O3S. The van der Waals surface area contributed by atoms with Crippen LogP contribution in [0.4, 0.5) is 0 Å². The van der Waals surface area contributed by atoms with Crippen LogP contribution in [0.2, 0.25) is 0 Å². The van der Waals surface area contributed by atoms with Gasteiger partial charge in [-0.2, -0.15) is 0 Å². The topological polar surface area (TPSA) is 90.1 Å². The molecule has 0 saturated carbocycles. The molecule has 16 heavy (non-hydrogen) atoms. The third-order valence-electron chi connectivity index (χ3n) is 2.22. The molecule has 1 unspecified atom stereocenters. The van der Waals surface area contributed by atoms with Crippen LogP contribution in [0.3, 0.4) is 0 Å². The molecule has 0 radical (unpaired) electrons. The lowest BCUT2D eigenvalue weighted by Gasteiger charge is -2.09. The first-order chi connectivity index (χ1) is 7.30. The summed E-state index contributed by atoms with van der Waals surface area (Å²) < 4.78 is 22.6. The first kappa shape index (κ1) is 12.6. The van der Waals surface area contributed by atoms with Crippen molar-refractivity contribution in [1.29, 1.82) is 0 Å². The van der Waals surface area contributed by atoms with Crippen LogP contribution in [0.15, 0.2) is 23.4 Å². The summed E-state index contributed by atoms with van der Waals surface area (Å²) in [6, 6.07) is 3.16. The number of pyridine rings is 1. The van der Waals surface area contributed by atoms with Crippen LogP contribution >= 0.6 is 0 Å². The van der Waals surface area contributed by atoms with Crippen LogP contribution in [-0.2, 0) is 14.6 Å². The summed E-state index contributed by atoms with van der Waals surface area (Å²) in [6.07, 6.45) is 2.70. The second-order valence-corrected chi connectivity index (χ2v) is 5.73. The van der Waals surface area contributed by atoms with Gasteiger partial charge in [-0.05, 0) is 23.6 Å². The normalized spacial score (nSPS) is 13.4. The fourth-order valence-corrected chi connectivity index (χ4v) is 1.96. The second-order valence-electron chi connectivity index (χ2n) is 3.77. The third kappa shape index (κ3) is 3.30. The number of nitrogens with zero attached hydrogens (tertiary/aromatic N) is 1. The number of amides is 1. The summed E-state index contributed by atoms with van der Waals surface area (Å²) in [6.45, 7) is 1.81. The van der Waals surface area contributed by atoms with Crippen LogP contribution in [-0.4, -0.2) is 25.6 Å². The van der Waals surface area contributed by atoms with E-state index in [4.69, 9.17) is 5.73 Å². The molecule has 1 heterocycles. The van der Waals surface area contributed by atoms with E-state index >= 15 is 0 Å². The van der Waals surface area contributed by atoms with E-state index in [1.807, 2.05) is 6.92 Å². The highest BCUT2D eigenvalue weighted by molar-refractivity contribution is 7.90. The molecule has 6 heteroatoms. The first-order valence-corrected chi connectivity index (χ1v) is 6.64. The minimum atomic E-state index is -3.31. The molecule has 1 aromatic heterocycles. The van der Waals surface area contributed by atoms with Crippen molar-refractivity contribution in [2.45, 2.75) is 24.3 Å². The monoisotopic (exact) mass is 242 g/mol. The molecule has 0 aliphatic heterocycles. The number of carbonyl (C=O) groups excluding carboxylic acids is 1. The number of nitrogens with two attached hydrogens (primary N) is 1. The van der Waals surface area contributed by atoms with Crippen LogP contribution in [0.25, 0.3) is 0 Å². The van der Waals surface area contributed by atoms with E-state index < -0.39 is 15.7 Å². The zero-order chi connectivity index (χ0) is 12.3. The Kier molecular flexibility index (Phi) is 3.64. The van der Waals surface area contributed by atoms with Gasteiger partial charge >= 0.3 is 0 Å². The summed E-state index contributed by atoms with van der Waals surface area (Å²) in [5.41, 5.74) is 5.83. The number of hydrogen-bond donors (Lipinski definition) is 1. The fourth-order valence-electron chi connectivity index (χ4n) is 1.35. The van der Waals surface area contributed by atoms with Crippen molar-refractivity contribution < 1.29 is 13.2 Å². The Morgan fingerprint density at radius 2 is 2.19 bits per heavy atom. The Hall–Kier alpha value is -1.43. The number of hydrogen-bond acceptors (Lipinski definition) is 4. The second kappa shape index (κ2) is 4.61. The van der Waals surface area contributed by atoms with Crippen LogP contribution in [0.5, 0.6) is 0 Å². The van der Waals surface area contributed by atoms with Gasteiger partial charge in [0.25, 0.3) is 0 Å². The van der Waals surface area contributed by atoms with Crippen molar-refractivity contribution in [3.8, 4) is 0 Å². The number of rotatable bonds is 4. The molecular weight excluding hydrogens is 228 g/mol. The Bertz CT molecular complexity index is 497. The largest absolute Gasteiger partial charge is 0.370 e. The highest BCUT2D eigenvalue weighted by Crippen LogP contribution is 2.20. The van der Waals surface area contributed by atoms with Crippen molar-refractivity contribution in [3.63, 3.8) is 0 Å². The molecule has 1 rings (SSSR count). The van der Waals surface area contributed by atoms with Crippen molar-refractivity contribution in [2.75, 3.05) is 6.26 Å². The van der Waals surface area contributed by atoms with E-state index in [9.17, 15) is 13.2 Å². The van der Waals surface area contributed by atoms with E-state index in [1.54, 1.807) is 6.07 Å². The Labute approximate surface area is 94.6 Å². The van der Waals surface area contributed by atoms with Crippen LogP contribution < -0.4 is 5.73 Å². The Morgan fingerprint density at radius 1 is 1.56 bits per heavy atom. The Balaban J connectivity index is 3.04. The number of carbonyl (C=O) groups is 1. The summed E-state index contributed by atoms with van der Waals surface area (Å²) in [4.78, 5) is 14.5. The summed E-state index contributed by atoms with van der Waals surface area (Å²) in [7, 11) is -3.31. The third-order valence-corrected chi connectivity index (χ3v) is 3.20. The lowest BCUT2D eigenvalue weighted by atomic mass is 9.99. The van der Waals surface area contributed by atoms with E-state index in [0.717, 1.165) is 11.8 Å². The molecule has 0 aromatic carbocycles. The number of sulfone groups is 1. The van der Waals surface area contributed by atoms with Crippen molar-refractivity contribution >= 4 is 15.7 Å². The van der Waals surface area contributed by atoms with Crippen LogP contribution in [0, 0.1) is 0 Å². The van der Waals surface area contributed by atoms with Crippen molar-refractivity contribution in [1.82, 2.24) is 4.98 Å². The number of primary amides is 1. The van der Waals surface area contributed by atoms with E-state index in [2.05, 4.69) is 4.98 Å². The van der Waals surface area contributed by atoms with E-state index in [0.29, 0.717) is 0 Å². The Morgan fingerprint density at radius 3 is 2.69 bits per heavy atom. The van der Waals surface area contributed by atoms with Gasteiger partial charge in [0.15, 0.2) is 14.9 Å². The predicted octanol–water partition coefficient (Wildman–Crippen LogP) is 0.464. The van der Waals surface area contributed by atoms with Gasteiger partial charge < -0.3 is 5.73 Å². The molecule has 0 fully saturated rings. The van der Waals surface area contributed by atoms with Gasteiger partial charge in [0.2, 0.25) is 5.91 Å². The van der Waals surface area contributed by atoms with Gasteiger partial charge in [0.05, 0.1) is 0 Å². The quantitative estimate of drug-likeness (QED) is 0.830. The number of aromatic nitrogens is 1. The van der Waals surface area contributed by atoms with Gasteiger partial charge in [-0.25, -0.2) is 13.4 Å². The van der Waals surface area contributed by atoms with Gasteiger partial charge in [0, 0.05) is 18.9 Å². The molecule has 1 aromatic rings. The summed E-state index contributed by atoms with van der Waals surface area (Å²) >= 11 is 0. The summed E-state index contributed by atoms with van der Waals surface area (Å²) in [5, 5.41) is 0.0151. The lowest BCUT2D eigenvalue weighted by molar-refractivity contribution is -0.118. The van der Waals surface area contributed by atoms with Crippen LogP contribution in [0.1, 0.15) is 24.8 Å². The molecule has 0 saturated heterocycles. The molecule has 88 valence electrons. The van der Waals surface area contributed by atoms with Gasteiger partial charge in [-0.15, -0.1) is 0 Å². The lowest BCUT2D eigenvalue weighted by Crippen LogP contribution is -2.14.